The second-order valence-electron chi connectivity index (χ2n) is 6.43. The van der Waals surface area contributed by atoms with Crippen LogP contribution < -0.4 is 5.73 Å². The van der Waals surface area contributed by atoms with Crippen LogP contribution in [0, 0.1) is 11.8 Å². The van der Waals surface area contributed by atoms with Gasteiger partial charge in [0.25, 0.3) is 0 Å². The largest absolute Gasteiger partial charge is 0.326 e. The van der Waals surface area contributed by atoms with Crippen molar-refractivity contribution < 1.29 is 0 Å². The highest BCUT2D eigenvalue weighted by molar-refractivity contribution is 4.80. The van der Waals surface area contributed by atoms with Crippen molar-refractivity contribution in [3.8, 4) is 0 Å². The summed E-state index contributed by atoms with van der Waals surface area (Å²) < 4.78 is 0. The highest BCUT2D eigenvalue weighted by Gasteiger charge is 2.23. The molecular weight excluding hydrogens is 208 g/mol. The number of nitrogens with zero attached hydrogens (tertiary/aromatic N) is 1. The second-order valence-corrected chi connectivity index (χ2v) is 6.43. The molecule has 0 aromatic heterocycles. The number of nitrogens with two attached hydrogens (primary N) is 1. The number of likely N-dealkylation sites (N-methyl/N-ethyl adjacent to an activating group) is 1. The van der Waals surface area contributed by atoms with Crippen LogP contribution in [-0.4, -0.2) is 31.1 Å². The van der Waals surface area contributed by atoms with E-state index >= 15 is 0 Å². The minimum Gasteiger partial charge on any atom is -0.326 e. The number of hydrogen-bond acceptors (Lipinski definition) is 2. The summed E-state index contributed by atoms with van der Waals surface area (Å²) in [5.74, 6) is 1.76. The van der Waals surface area contributed by atoms with Crippen LogP contribution in [-0.2, 0) is 0 Å². The molecule has 0 aromatic carbocycles. The Labute approximate surface area is 107 Å². The molecule has 0 heterocycles. The van der Waals surface area contributed by atoms with Crippen molar-refractivity contribution in [2.45, 2.75) is 63.8 Å². The summed E-state index contributed by atoms with van der Waals surface area (Å²) in [6.07, 6.45) is 12.8. The fourth-order valence-corrected chi connectivity index (χ4v) is 3.78. The van der Waals surface area contributed by atoms with Crippen molar-refractivity contribution in [3.05, 3.63) is 0 Å². The lowest BCUT2D eigenvalue weighted by molar-refractivity contribution is 0.213. The molecule has 0 amide bonds. The Balaban J connectivity index is 1.67. The lowest BCUT2D eigenvalue weighted by Crippen LogP contribution is -2.42. The summed E-state index contributed by atoms with van der Waals surface area (Å²) in [4.78, 5) is 2.50. The van der Waals surface area contributed by atoms with Crippen molar-refractivity contribution in [2.24, 2.45) is 17.6 Å². The molecule has 100 valence electrons. The maximum atomic E-state index is 6.38. The second kappa shape index (κ2) is 6.75. The first kappa shape index (κ1) is 13.4. The zero-order chi connectivity index (χ0) is 12.1. The molecule has 1 atom stereocenters. The molecule has 2 aliphatic carbocycles. The maximum absolute atomic E-state index is 6.38. The molecule has 0 bridgehead atoms. The van der Waals surface area contributed by atoms with E-state index in [1.54, 1.807) is 0 Å². The lowest BCUT2D eigenvalue weighted by Gasteiger charge is -2.31. The molecule has 2 rings (SSSR count). The Kier molecular flexibility index (Phi) is 5.30. The zero-order valence-corrected chi connectivity index (χ0v) is 11.5. The molecule has 2 heteroatoms. The van der Waals surface area contributed by atoms with Gasteiger partial charge < -0.3 is 10.6 Å². The van der Waals surface area contributed by atoms with Crippen LogP contribution in [0.1, 0.15) is 57.8 Å². The smallest absolute Gasteiger partial charge is 0.0196 e. The van der Waals surface area contributed by atoms with Gasteiger partial charge in [-0.3, -0.25) is 0 Å². The summed E-state index contributed by atoms with van der Waals surface area (Å²) in [6, 6.07) is 0.418. The van der Waals surface area contributed by atoms with Crippen molar-refractivity contribution >= 4 is 0 Å². The van der Waals surface area contributed by atoms with Crippen LogP contribution >= 0.6 is 0 Å². The molecule has 1 unspecified atom stereocenters. The van der Waals surface area contributed by atoms with E-state index in [1.807, 2.05) is 0 Å². The van der Waals surface area contributed by atoms with E-state index in [2.05, 4.69) is 11.9 Å². The molecule has 0 radical (unpaired) electrons. The minimum atomic E-state index is 0.418. The average Bonchev–Trinajstić information content (AvgIpc) is 2.82. The Hall–Kier alpha value is -0.0800. The van der Waals surface area contributed by atoms with Gasteiger partial charge in [0.15, 0.2) is 0 Å². The molecule has 0 saturated heterocycles. The normalized spacial score (nSPS) is 25.6. The first-order valence-corrected chi connectivity index (χ1v) is 7.70. The van der Waals surface area contributed by atoms with Crippen LogP contribution in [0.3, 0.4) is 0 Å². The van der Waals surface area contributed by atoms with Gasteiger partial charge in [-0.05, 0) is 44.6 Å². The molecular formula is C15H30N2. The van der Waals surface area contributed by atoms with Crippen molar-refractivity contribution in [2.75, 3.05) is 20.1 Å². The third-order valence-electron chi connectivity index (χ3n) is 4.82. The van der Waals surface area contributed by atoms with Gasteiger partial charge in [-0.1, -0.05) is 32.1 Å². The minimum absolute atomic E-state index is 0.418. The van der Waals surface area contributed by atoms with Crippen LogP contribution in [0.4, 0.5) is 0 Å². The molecule has 2 fully saturated rings. The summed E-state index contributed by atoms with van der Waals surface area (Å²) in [5, 5.41) is 0. The van der Waals surface area contributed by atoms with E-state index in [4.69, 9.17) is 5.73 Å². The molecule has 2 nitrogen and oxygen atoms in total. The fourth-order valence-electron chi connectivity index (χ4n) is 3.78. The molecule has 2 aliphatic rings. The topological polar surface area (TPSA) is 29.3 Å². The van der Waals surface area contributed by atoms with Crippen LogP contribution in [0.15, 0.2) is 0 Å². The summed E-state index contributed by atoms with van der Waals surface area (Å²) in [7, 11) is 2.26. The van der Waals surface area contributed by atoms with Gasteiger partial charge in [-0.15, -0.1) is 0 Å². The van der Waals surface area contributed by atoms with E-state index in [9.17, 15) is 0 Å². The van der Waals surface area contributed by atoms with Gasteiger partial charge in [0.2, 0.25) is 0 Å². The Morgan fingerprint density at radius 2 is 1.59 bits per heavy atom. The van der Waals surface area contributed by atoms with Crippen LogP contribution in [0.25, 0.3) is 0 Å². The fraction of sp³-hybridized carbons (Fsp3) is 1.00. The standard InChI is InChI=1S/C15H30N2/c1-17(11-13-7-5-6-8-13)12-15(16)14-9-3-2-4-10-14/h13-15H,2-12,16H2,1H3. The first-order valence-electron chi connectivity index (χ1n) is 7.70. The molecule has 2 N–H and O–H groups in total. The highest BCUT2D eigenvalue weighted by atomic mass is 15.1. The van der Waals surface area contributed by atoms with Gasteiger partial charge in [0, 0.05) is 19.1 Å². The summed E-state index contributed by atoms with van der Waals surface area (Å²) in [5.41, 5.74) is 6.38. The Morgan fingerprint density at radius 3 is 2.24 bits per heavy atom. The van der Waals surface area contributed by atoms with E-state index in [-0.39, 0.29) is 0 Å². The van der Waals surface area contributed by atoms with Gasteiger partial charge in [-0.25, -0.2) is 0 Å². The van der Waals surface area contributed by atoms with Gasteiger partial charge in [0.05, 0.1) is 0 Å². The van der Waals surface area contributed by atoms with Gasteiger partial charge in [-0.2, -0.15) is 0 Å². The van der Waals surface area contributed by atoms with E-state index in [0.29, 0.717) is 6.04 Å². The van der Waals surface area contributed by atoms with Crippen molar-refractivity contribution in [3.63, 3.8) is 0 Å². The molecule has 2 saturated carbocycles. The van der Waals surface area contributed by atoms with E-state index in [0.717, 1.165) is 18.4 Å². The summed E-state index contributed by atoms with van der Waals surface area (Å²) in [6.45, 7) is 2.39. The monoisotopic (exact) mass is 238 g/mol. The summed E-state index contributed by atoms with van der Waals surface area (Å²) >= 11 is 0. The Bertz CT molecular complexity index is 205. The molecule has 0 aromatic rings. The quantitative estimate of drug-likeness (QED) is 0.798. The molecule has 0 aliphatic heterocycles. The third-order valence-corrected chi connectivity index (χ3v) is 4.82. The predicted octanol–water partition coefficient (Wildman–Crippen LogP) is 3.02. The zero-order valence-electron chi connectivity index (χ0n) is 11.5. The molecule has 0 spiro atoms. The SMILES string of the molecule is CN(CC1CCCC1)CC(N)C1CCCCC1. The number of hydrogen-bond donors (Lipinski definition) is 1. The van der Waals surface area contributed by atoms with Crippen LogP contribution in [0.5, 0.6) is 0 Å². The van der Waals surface area contributed by atoms with Crippen molar-refractivity contribution in [1.82, 2.24) is 4.90 Å². The van der Waals surface area contributed by atoms with Crippen molar-refractivity contribution in [1.29, 1.82) is 0 Å². The predicted molar refractivity (Wildman–Crippen MR) is 74.0 cm³/mol. The van der Waals surface area contributed by atoms with Crippen LogP contribution in [0.2, 0.25) is 0 Å². The van der Waals surface area contributed by atoms with E-state index < -0.39 is 0 Å². The van der Waals surface area contributed by atoms with Gasteiger partial charge >= 0.3 is 0 Å². The first-order chi connectivity index (χ1) is 8.25. The number of rotatable bonds is 5. The lowest BCUT2D eigenvalue weighted by atomic mass is 9.84. The Morgan fingerprint density at radius 1 is 1.00 bits per heavy atom. The third kappa shape index (κ3) is 4.26. The maximum Gasteiger partial charge on any atom is 0.0196 e. The molecule has 17 heavy (non-hydrogen) atoms. The van der Waals surface area contributed by atoms with Gasteiger partial charge in [0.1, 0.15) is 0 Å². The highest BCUT2D eigenvalue weighted by Crippen LogP contribution is 2.27. The van der Waals surface area contributed by atoms with E-state index in [1.165, 1.54) is 64.3 Å². The average molecular weight is 238 g/mol.